The molecule has 0 spiro atoms. The number of nitrogens with zero attached hydrogens (tertiary/aromatic N) is 3. The van der Waals surface area contributed by atoms with Crippen LogP contribution in [0.4, 0.5) is 0 Å². The lowest BCUT2D eigenvalue weighted by molar-refractivity contribution is 0.434. The number of hydrogen-bond donors (Lipinski definition) is 4. The minimum atomic E-state index is -0.122. The Kier molecular flexibility index (Phi) is 4.25. The summed E-state index contributed by atoms with van der Waals surface area (Å²) in [6.45, 7) is 0. The van der Waals surface area contributed by atoms with Gasteiger partial charge in [0.1, 0.15) is 5.75 Å². The quantitative estimate of drug-likeness (QED) is 0.382. The Morgan fingerprint density at radius 2 is 1.95 bits per heavy atom. The van der Waals surface area contributed by atoms with Crippen LogP contribution in [0.15, 0.2) is 52.8 Å². The van der Waals surface area contributed by atoms with E-state index in [0.29, 0.717) is 5.69 Å². The van der Waals surface area contributed by atoms with Crippen molar-refractivity contribution in [1.82, 2.24) is 4.57 Å². The lowest BCUT2D eigenvalue weighted by atomic mass is 10.3. The van der Waals surface area contributed by atoms with E-state index in [-0.39, 0.29) is 17.6 Å². The first-order valence-electron chi connectivity index (χ1n) is 6.06. The summed E-state index contributed by atoms with van der Waals surface area (Å²) < 4.78 is 1.47. The Morgan fingerprint density at radius 1 is 1.19 bits per heavy atom. The van der Waals surface area contributed by atoms with Crippen LogP contribution in [0.2, 0.25) is 0 Å². The zero-order valence-corrected chi connectivity index (χ0v) is 11.1. The summed E-state index contributed by atoms with van der Waals surface area (Å²) in [5.74, 6) is -0.0337. The molecule has 1 heterocycles. The summed E-state index contributed by atoms with van der Waals surface area (Å²) >= 11 is 0. The summed E-state index contributed by atoms with van der Waals surface area (Å²) in [5.41, 5.74) is 11.5. The number of allylic oxidation sites excluding steroid dienone is 1. The summed E-state index contributed by atoms with van der Waals surface area (Å²) in [5, 5.41) is 26.7. The van der Waals surface area contributed by atoms with Crippen molar-refractivity contribution in [2.24, 2.45) is 21.7 Å². The maximum absolute atomic E-state index is 9.91. The van der Waals surface area contributed by atoms with Crippen molar-refractivity contribution in [3.8, 4) is 17.3 Å². The normalized spacial score (nSPS) is 11.2. The standard InChI is InChI=1S/C14H15N5O2/c15-14(16)18-17-7-3-4-10-8-13(21)19(9-10)11-5-1-2-6-12(11)20/h1-9,20-21H,(H4,15,16,18)/b4-3+,17-7+. The lowest BCUT2D eigenvalue weighted by Crippen LogP contribution is -2.21. The number of rotatable bonds is 4. The molecule has 1 aromatic carbocycles. The molecule has 0 saturated heterocycles. The molecule has 0 aliphatic rings. The van der Waals surface area contributed by atoms with Crippen molar-refractivity contribution >= 4 is 18.3 Å². The van der Waals surface area contributed by atoms with Gasteiger partial charge in [-0.25, -0.2) is 0 Å². The first kappa shape index (κ1) is 14.2. The number of aromatic nitrogens is 1. The summed E-state index contributed by atoms with van der Waals surface area (Å²) in [6, 6.07) is 8.28. The van der Waals surface area contributed by atoms with Gasteiger partial charge in [0.15, 0.2) is 5.88 Å². The molecule has 1 aromatic heterocycles. The molecule has 2 rings (SSSR count). The van der Waals surface area contributed by atoms with Gasteiger partial charge < -0.3 is 21.7 Å². The van der Waals surface area contributed by atoms with E-state index in [1.165, 1.54) is 10.8 Å². The van der Waals surface area contributed by atoms with Gasteiger partial charge in [0.2, 0.25) is 5.96 Å². The van der Waals surface area contributed by atoms with Gasteiger partial charge in [-0.05, 0) is 23.8 Å². The number of para-hydroxylation sites is 2. The number of phenolic OH excluding ortho intramolecular Hbond substituents is 1. The highest BCUT2D eigenvalue weighted by molar-refractivity contribution is 5.80. The minimum absolute atomic E-state index is 0.0114. The summed E-state index contributed by atoms with van der Waals surface area (Å²) in [4.78, 5) is 0. The molecule has 2 aromatic rings. The van der Waals surface area contributed by atoms with Gasteiger partial charge in [0.05, 0.1) is 5.69 Å². The van der Waals surface area contributed by atoms with E-state index in [4.69, 9.17) is 11.5 Å². The molecule has 0 bridgehead atoms. The molecule has 21 heavy (non-hydrogen) atoms. The van der Waals surface area contributed by atoms with Crippen LogP contribution in [0.3, 0.4) is 0 Å². The van der Waals surface area contributed by atoms with Gasteiger partial charge in [-0.15, -0.1) is 5.10 Å². The van der Waals surface area contributed by atoms with E-state index in [1.807, 2.05) is 0 Å². The fourth-order valence-electron chi connectivity index (χ4n) is 1.72. The van der Waals surface area contributed by atoms with Crippen LogP contribution in [0.25, 0.3) is 11.8 Å². The first-order chi connectivity index (χ1) is 10.1. The molecule has 0 amide bonds. The minimum Gasteiger partial charge on any atom is -0.506 e. The molecule has 0 unspecified atom stereocenters. The number of nitrogens with two attached hydrogens (primary N) is 2. The van der Waals surface area contributed by atoms with Crippen molar-refractivity contribution in [2.75, 3.05) is 0 Å². The molecule has 0 fully saturated rings. The van der Waals surface area contributed by atoms with Crippen molar-refractivity contribution in [1.29, 1.82) is 0 Å². The molecule has 108 valence electrons. The third kappa shape index (κ3) is 3.63. The van der Waals surface area contributed by atoms with E-state index >= 15 is 0 Å². The van der Waals surface area contributed by atoms with Crippen molar-refractivity contribution in [2.45, 2.75) is 0 Å². The molecule has 0 atom stereocenters. The highest BCUT2D eigenvalue weighted by Gasteiger charge is 2.07. The second-order valence-electron chi connectivity index (χ2n) is 4.14. The molecule has 0 saturated carbocycles. The van der Waals surface area contributed by atoms with Gasteiger partial charge in [-0.2, -0.15) is 5.10 Å². The zero-order chi connectivity index (χ0) is 15.2. The molecule has 0 radical (unpaired) electrons. The van der Waals surface area contributed by atoms with Crippen LogP contribution < -0.4 is 11.5 Å². The fraction of sp³-hybridized carbons (Fsp3) is 0. The first-order valence-corrected chi connectivity index (χ1v) is 6.06. The van der Waals surface area contributed by atoms with E-state index in [1.54, 1.807) is 48.7 Å². The van der Waals surface area contributed by atoms with E-state index in [2.05, 4.69) is 10.2 Å². The number of benzene rings is 1. The topological polar surface area (TPSA) is 122 Å². The number of aromatic hydroxyl groups is 2. The number of phenols is 1. The van der Waals surface area contributed by atoms with E-state index in [0.717, 1.165) is 5.56 Å². The molecule has 0 aliphatic heterocycles. The largest absolute Gasteiger partial charge is 0.506 e. The Labute approximate surface area is 121 Å². The average Bonchev–Trinajstić information content (AvgIpc) is 2.79. The maximum Gasteiger partial charge on any atom is 0.211 e. The smallest absolute Gasteiger partial charge is 0.211 e. The second kappa shape index (κ2) is 6.29. The average molecular weight is 285 g/mol. The van der Waals surface area contributed by atoms with Gasteiger partial charge in [-0.1, -0.05) is 18.2 Å². The number of hydrogen-bond acceptors (Lipinski definition) is 4. The van der Waals surface area contributed by atoms with Crippen molar-refractivity contribution < 1.29 is 10.2 Å². The molecule has 0 aliphatic carbocycles. The van der Waals surface area contributed by atoms with Crippen LogP contribution in [-0.4, -0.2) is 27.0 Å². The van der Waals surface area contributed by atoms with Gasteiger partial charge in [0, 0.05) is 18.5 Å². The van der Waals surface area contributed by atoms with Crippen molar-refractivity contribution in [3.63, 3.8) is 0 Å². The van der Waals surface area contributed by atoms with Gasteiger partial charge in [-0.3, -0.25) is 4.57 Å². The Hall–Kier alpha value is -3.22. The molecule has 7 heteroatoms. The summed E-state index contributed by atoms with van der Waals surface area (Å²) in [6.07, 6.45) is 6.42. The van der Waals surface area contributed by atoms with Crippen LogP contribution >= 0.6 is 0 Å². The zero-order valence-electron chi connectivity index (χ0n) is 11.1. The van der Waals surface area contributed by atoms with E-state index < -0.39 is 0 Å². The Balaban J connectivity index is 2.20. The van der Waals surface area contributed by atoms with Gasteiger partial charge >= 0.3 is 0 Å². The van der Waals surface area contributed by atoms with Crippen LogP contribution in [-0.2, 0) is 0 Å². The van der Waals surface area contributed by atoms with Crippen LogP contribution in [0.1, 0.15) is 5.56 Å². The van der Waals surface area contributed by atoms with E-state index in [9.17, 15) is 10.2 Å². The van der Waals surface area contributed by atoms with Gasteiger partial charge in [0.25, 0.3) is 0 Å². The molecule has 6 N–H and O–H groups in total. The monoisotopic (exact) mass is 285 g/mol. The maximum atomic E-state index is 9.91. The van der Waals surface area contributed by atoms with Crippen LogP contribution in [0, 0.1) is 0 Å². The molecular weight excluding hydrogens is 270 g/mol. The lowest BCUT2D eigenvalue weighted by Gasteiger charge is -2.06. The third-order valence-corrected chi connectivity index (χ3v) is 2.58. The van der Waals surface area contributed by atoms with Crippen molar-refractivity contribution in [3.05, 3.63) is 48.2 Å². The Morgan fingerprint density at radius 3 is 2.67 bits per heavy atom. The highest BCUT2D eigenvalue weighted by Crippen LogP contribution is 2.27. The highest BCUT2D eigenvalue weighted by atomic mass is 16.3. The fourth-order valence-corrected chi connectivity index (χ4v) is 1.72. The second-order valence-corrected chi connectivity index (χ2v) is 4.14. The predicted octanol–water partition coefficient (Wildman–Crippen LogP) is 1.16. The van der Waals surface area contributed by atoms with Crippen LogP contribution in [0.5, 0.6) is 11.6 Å². The number of guanidine groups is 1. The SMILES string of the molecule is NC(N)=N/N=C/C=C/c1cc(O)n(-c2ccccc2O)c1. The third-order valence-electron chi connectivity index (χ3n) is 2.58. The summed E-state index contributed by atoms with van der Waals surface area (Å²) in [7, 11) is 0. The molecular formula is C14H15N5O2. The predicted molar refractivity (Wildman–Crippen MR) is 82.4 cm³/mol. The molecule has 7 nitrogen and oxygen atoms in total. The Bertz CT molecular complexity index is 712.